The van der Waals surface area contributed by atoms with Gasteiger partial charge in [-0.1, -0.05) is 36.4 Å². The molecule has 26 heavy (non-hydrogen) atoms. The smallest absolute Gasteiger partial charge is 0.244 e. The molecule has 0 radical (unpaired) electrons. The summed E-state index contributed by atoms with van der Waals surface area (Å²) in [6.07, 6.45) is 2.49. The Bertz CT molecular complexity index is 949. The topological polar surface area (TPSA) is 49.3 Å². The number of fused-ring (bicyclic) bond motifs is 1. The van der Waals surface area contributed by atoms with Gasteiger partial charge in [-0.2, -0.15) is 0 Å². The van der Waals surface area contributed by atoms with E-state index in [9.17, 15) is 18.7 Å². The molecule has 0 saturated carbocycles. The second-order valence-corrected chi connectivity index (χ2v) is 5.89. The molecule has 1 amide bonds. The van der Waals surface area contributed by atoms with Gasteiger partial charge in [0, 0.05) is 12.1 Å². The molecule has 3 nitrogen and oxygen atoms in total. The predicted molar refractivity (Wildman–Crippen MR) is 97.3 cm³/mol. The lowest BCUT2D eigenvalue weighted by molar-refractivity contribution is -0.117. The Balaban J connectivity index is 1.74. The second kappa shape index (κ2) is 7.89. The molecule has 0 aliphatic carbocycles. The summed E-state index contributed by atoms with van der Waals surface area (Å²) < 4.78 is 26.3. The third-order valence-electron chi connectivity index (χ3n) is 3.99. The van der Waals surface area contributed by atoms with Gasteiger partial charge < -0.3 is 10.4 Å². The molecule has 0 unspecified atom stereocenters. The zero-order chi connectivity index (χ0) is 18.5. The molecule has 2 N–H and O–H groups in total. The number of nitrogens with one attached hydrogen (secondary N) is 1. The number of rotatable bonds is 5. The Kier molecular flexibility index (Phi) is 5.39. The van der Waals surface area contributed by atoms with Crippen molar-refractivity contribution in [1.29, 1.82) is 0 Å². The predicted octanol–water partition coefficient (Wildman–Crippen LogP) is 3.98. The van der Waals surface area contributed by atoms with Crippen molar-refractivity contribution in [3.63, 3.8) is 0 Å². The molecule has 0 aliphatic heterocycles. The van der Waals surface area contributed by atoms with Crippen molar-refractivity contribution in [2.24, 2.45) is 0 Å². The first-order valence-corrected chi connectivity index (χ1v) is 8.09. The maximum atomic E-state index is 13.2. The monoisotopic (exact) mass is 353 g/mol. The highest BCUT2D eigenvalue weighted by Crippen LogP contribution is 2.20. The normalized spacial score (nSPS) is 12.4. The van der Waals surface area contributed by atoms with Crippen LogP contribution in [0.3, 0.4) is 0 Å². The van der Waals surface area contributed by atoms with Gasteiger partial charge in [0.05, 0.1) is 12.6 Å². The minimum Gasteiger partial charge on any atom is -0.394 e. The summed E-state index contributed by atoms with van der Waals surface area (Å²) in [4.78, 5) is 12.1. The summed E-state index contributed by atoms with van der Waals surface area (Å²) in [7, 11) is 0. The summed E-state index contributed by atoms with van der Waals surface area (Å²) >= 11 is 0. The van der Waals surface area contributed by atoms with Gasteiger partial charge in [-0.15, -0.1) is 0 Å². The summed E-state index contributed by atoms with van der Waals surface area (Å²) in [5, 5.41) is 14.4. The summed E-state index contributed by atoms with van der Waals surface area (Å²) in [5.74, 6) is -1.90. The van der Waals surface area contributed by atoms with E-state index in [-0.39, 0.29) is 12.2 Å². The van der Waals surface area contributed by atoms with E-state index >= 15 is 0 Å². The van der Waals surface area contributed by atoms with Crippen molar-refractivity contribution in [2.75, 3.05) is 6.61 Å². The number of hydrogen-bond acceptors (Lipinski definition) is 2. The molecule has 0 bridgehead atoms. The van der Waals surface area contributed by atoms with E-state index in [0.717, 1.165) is 34.5 Å². The molecular formula is C21H17F2NO2. The van der Waals surface area contributed by atoms with Gasteiger partial charge in [-0.25, -0.2) is 8.78 Å². The largest absolute Gasteiger partial charge is 0.394 e. The fourth-order valence-electron chi connectivity index (χ4n) is 2.72. The molecule has 0 fully saturated rings. The Morgan fingerprint density at radius 3 is 2.38 bits per heavy atom. The van der Waals surface area contributed by atoms with E-state index in [1.807, 2.05) is 42.5 Å². The van der Waals surface area contributed by atoms with Crippen LogP contribution in [-0.4, -0.2) is 17.6 Å². The number of halogens is 2. The van der Waals surface area contributed by atoms with Crippen LogP contribution in [0.2, 0.25) is 0 Å². The highest BCUT2D eigenvalue weighted by Gasteiger charge is 2.12. The van der Waals surface area contributed by atoms with Crippen LogP contribution in [-0.2, 0) is 4.79 Å². The Hall–Kier alpha value is -3.05. The zero-order valence-electron chi connectivity index (χ0n) is 13.8. The van der Waals surface area contributed by atoms with Crippen molar-refractivity contribution < 1.29 is 18.7 Å². The molecule has 132 valence electrons. The number of carbonyl (C=O) groups is 1. The van der Waals surface area contributed by atoms with E-state index in [1.165, 1.54) is 12.2 Å². The zero-order valence-corrected chi connectivity index (χ0v) is 13.8. The van der Waals surface area contributed by atoms with Crippen LogP contribution in [0.15, 0.2) is 66.7 Å². The van der Waals surface area contributed by atoms with Crippen LogP contribution in [0.25, 0.3) is 16.8 Å². The third kappa shape index (κ3) is 4.32. The molecule has 0 spiro atoms. The van der Waals surface area contributed by atoms with Crippen molar-refractivity contribution in [3.8, 4) is 0 Å². The Labute approximate surface area is 149 Å². The summed E-state index contributed by atoms with van der Waals surface area (Å²) in [6, 6.07) is 15.9. The average Bonchev–Trinajstić information content (AvgIpc) is 2.63. The van der Waals surface area contributed by atoms with E-state index in [4.69, 9.17) is 0 Å². The molecule has 0 heterocycles. The van der Waals surface area contributed by atoms with E-state index < -0.39 is 23.6 Å². The summed E-state index contributed by atoms with van der Waals surface area (Å²) in [5.41, 5.74) is 1.01. The number of hydrogen-bond donors (Lipinski definition) is 2. The van der Waals surface area contributed by atoms with Crippen LogP contribution < -0.4 is 5.32 Å². The fraction of sp³-hybridized carbons (Fsp3) is 0.0952. The number of aliphatic hydroxyl groups excluding tert-OH is 1. The third-order valence-corrected chi connectivity index (χ3v) is 3.99. The molecule has 5 heteroatoms. The lowest BCUT2D eigenvalue weighted by atomic mass is 10.0. The van der Waals surface area contributed by atoms with Gasteiger partial charge in [-0.3, -0.25) is 4.79 Å². The molecule has 3 aromatic rings. The van der Waals surface area contributed by atoms with Crippen LogP contribution in [0.1, 0.15) is 17.2 Å². The summed E-state index contributed by atoms with van der Waals surface area (Å²) in [6.45, 7) is -0.271. The maximum Gasteiger partial charge on any atom is 0.244 e. The number of amides is 1. The van der Waals surface area contributed by atoms with Gasteiger partial charge >= 0.3 is 0 Å². The molecule has 3 rings (SSSR count). The highest BCUT2D eigenvalue weighted by molar-refractivity contribution is 5.92. The minimum atomic E-state index is -0.713. The van der Waals surface area contributed by atoms with Crippen molar-refractivity contribution in [3.05, 3.63) is 89.5 Å². The van der Waals surface area contributed by atoms with E-state index in [0.29, 0.717) is 0 Å². The first-order valence-electron chi connectivity index (χ1n) is 8.09. The SMILES string of the molecule is O=C(/C=C/c1cc(F)cc(F)c1)N[C@@H](CO)c1ccc2ccccc2c1. The van der Waals surface area contributed by atoms with Gasteiger partial charge in [0.25, 0.3) is 0 Å². The minimum absolute atomic E-state index is 0.240. The van der Waals surface area contributed by atoms with Crippen LogP contribution in [0, 0.1) is 11.6 Å². The standard InChI is InChI=1S/C21H17F2NO2/c22-18-9-14(10-19(23)12-18)5-8-21(26)24-20(13-25)17-7-6-15-3-1-2-4-16(15)11-17/h1-12,20,25H,13H2,(H,24,26)/b8-5+/t20-/m0/s1. The van der Waals surface area contributed by atoms with Crippen molar-refractivity contribution >= 4 is 22.8 Å². The first-order chi connectivity index (χ1) is 12.5. The van der Waals surface area contributed by atoms with Crippen LogP contribution in [0.5, 0.6) is 0 Å². The molecule has 1 atom stereocenters. The van der Waals surface area contributed by atoms with Gasteiger partial charge in [-0.05, 0) is 46.2 Å². The van der Waals surface area contributed by atoms with E-state index in [1.54, 1.807) is 0 Å². The van der Waals surface area contributed by atoms with Crippen molar-refractivity contribution in [2.45, 2.75) is 6.04 Å². The lowest BCUT2D eigenvalue weighted by Gasteiger charge is -2.16. The highest BCUT2D eigenvalue weighted by atomic mass is 19.1. The Morgan fingerprint density at radius 2 is 1.69 bits per heavy atom. The molecule has 0 aromatic heterocycles. The number of carbonyl (C=O) groups excluding carboxylic acids is 1. The average molecular weight is 353 g/mol. The number of aliphatic hydroxyl groups is 1. The molecule has 0 saturated heterocycles. The maximum absolute atomic E-state index is 13.2. The molecular weight excluding hydrogens is 336 g/mol. The van der Waals surface area contributed by atoms with Crippen molar-refractivity contribution in [1.82, 2.24) is 5.32 Å². The number of benzene rings is 3. The molecule has 0 aliphatic rings. The quantitative estimate of drug-likeness (QED) is 0.682. The van der Waals surface area contributed by atoms with Crippen LogP contribution in [0.4, 0.5) is 8.78 Å². The van der Waals surface area contributed by atoms with Gasteiger partial charge in [0.1, 0.15) is 11.6 Å². The lowest BCUT2D eigenvalue weighted by Crippen LogP contribution is -2.29. The first kappa shape index (κ1) is 17.8. The van der Waals surface area contributed by atoms with Gasteiger partial charge in [0.2, 0.25) is 5.91 Å². The fourth-order valence-corrected chi connectivity index (χ4v) is 2.72. The second-order valence-electron chi connectivity index (χ2n) is 5.89. The Morgan fingerprint density at radius 1 is 1.00 bits per heavy atom. The van der Waals surface area contributed by atoms with Crippen LogP contribution >= 0.6 is 0 Å². The van der Waals surface area contributed by atoms with Gasteiger partial charge in [0.15, 0.2) is 0 Å². The molecule has 3 aromatic carbocycles. The van der Waals surface area contributed by atoms with E-state index in [2.05, 4.69) is 5.32 Å².